The molecule has 1 aromatic rings. The van der Waals surface area contributed by atoms with E-state index in [9.17, 15) is 9.59 Å². The number of unbranched alkanes of at least 4 members (excludes halogenated alkanes) is 1. The highest BCUT2D eigenvalue weighted by Gasteiger charge is 2.20. The van der Waals surface area contributed by atoms with E-state index in [2.05, 4.69) is 6.92 Å². The molecule has 1 rings (SSSR count). The Morgan fingerprint density at radius 3 is 2.23 bits per heavy atom. The third-order valence-electron chi connectivity index (χ3n) is 2.21. The molecule has 0 N–H and O–H groups in total. The molecular formula is C10H15NO2. The molecule has 0 heterocycles. The molecule has 3 heteroatoms. The number of hydrogen-bond acceptors (Lipinski definition) is 3. The van der Waals surface area contributed by atoms with Gasteiger partial charge in [0.1, 0.15) is 0 Å². The van der Waals surface area contributed by atoms with Gasteiger partial charge in [-0.3, -0.25) is 9.59 Å². The monoisotopic (exact) mass is 181 g/mol. The Kier molecular flexibility index (Phi) is 2.86. The van der Waals surface area contributed by atoms with E-state index in [0.29, 0.717) is 5.69 Å². The lowest BCUT2D eigenvalue weighted by Crippen LogP contribution is -2.41. The molecule has 0 aliphatic rings. The van der Waals surface area contributed by atoms with Gasteiger partial charge in [-0.25, -0.2) is 0 Å². The van der Waals surface area contributed by atoms with Crippen molar-refractivity contribution in [3.05, 3.63) is 26.0 Å². The third kappa shape index (κ3) is 1.64. The van der Waals surface area contributed by atoms with Gasteiger partial charge in [-0.2, -0.15) is 0 Å². The molecular weight excluding hydrogens is 166 g/mol. The summed E-state index contributed by atoms with van der Waals surface area (Å²) in [6, 6.07) is 0. The summed E-state index contributed by atoms with van der Waals surface area (Å²) in [4.78, 5) is 24.0. The minimum atomic E-state index is -0.323. The van der Waals surface area contributed by atoms with Gasteiger partial charge < -0.3 is 4.90 Å². The fourth-order valence-corrected chi connectivity index (χ4v) is 1.49. The highest BCUT2D eigenvalue weighted by Crippen LogP contribution is 2.13. The van der Waals surface area contributed by atoms with Crippen LogP contribution in [0.25, 0.3) is 0 Å². The SMILES string of the molecule is CCCCc1c(N(C)C)c(=O)c1=O. The van der Waals surface area contributed by atoms with E-state index >= 15 is 0 Å². The number of anilines is 1. The van der Waals surface area contributed by atoms with Gasteiger partial charge >= 0.3 is 0 Å². The molecule has 0 atom stereocenters. The first-order valence-corrected chi connectivity index (χ1v) is 4.59. The normalized spacial score (nSPS) is 10.7. The van der Waals surface area contributed by atoms with E-state index in [1.807, 2.05) is 0 Å². The topological polar surface area (TPSA) is 37.4 Å². The number of rotatable bonds is 4. The second-order valence-corrected chi connectivity index (χ2v) is 3.48. The van der Waals surface area contributed by atoms with Crippen LogP contribution < -0.4 is 15.8 Å². The summed E-state index contributed by atoms with van der Waals surface area (Å²) in [5.41, 5.74) is 0.726. The van der Waals surface area contributed by atoms with Crippen LogP contribution in [0.1, 0.15) is 25.3 Å². The Bertz CT molecular complexity index is 359. The summed E-state index contributed by atoms with van der Waals surface area (Å²) < 4.78 is 0. The smallest absolute Gasteiger partial charge is 0.249 e. The zero-order chi connectivity index (χ0) is 10.0. The maximum Gasteiger partial charge on any atom is 0.249 e. The van der Waals surface area contributed by atoms with Gasteiger partial charge in [0.2, 0.25) is 10.9 Å². The Labute approximate surface area is 77.7 Å². The van der Waals surface area contributed by atoms with Crippen molar-refractivity contribution in [3.8, 4) is 0 Å². The zero-order valence-corrected chi connectivity index (χ0v) is 8.39. The summed E-state index contributed by atoms with van der Waals surface area (Å²) >= 11 is 0. The Morgan fingerprint density at radius 2 is 1.77 bits per heavy atom. The second kappa shape index (κ2) is 3.73. The highest BCUT2D eigenvalue weighted by molar-refractivity contribution is 5.57. The molecule has 0 aliphatic carbocycles. The molecule has 0 amide bonds. The quantitative estimate of drug-likeness (QED) is 0.641. The van der Waals surface area contributed by atoms with Crippen LogP contribution >= 0.6 is 0 Å². The molecule has 0 radical (unpaired) electrons. The van der Waals surface area contributed by atoms with Crippen molar-refractivity contribution in [2.24, 2.45) is 0 Å². The van der Waals surface area contributed by atoms with Crippen LogP contribution in [0.2, 0.25) is 0 Å². The van der Waals surface area contributed by atoms with Crippen LogP contribution in [0.5, 0.6) is 0 Å². The summed E-state index contributed by atoms with van der Waals surface area (Å²) in [7, 11) is 3.59. The van der Waals surface area contributed by atoms with Gasteiger partial charge in [0.15, 0.2) is 0 Å². The van der Waals surface area contributed by atoms with Crippen molar-refractivity contribution in [2.75, 3.05) is 19.0 Å². The summed E-state index contributed by atoms with van der Waals surface area (Å²) in [6.07, 6.45) is 2.77. The molecule has 0 aliphatic heterocycles. The van der Waals surface area contributed by atoms with Crippen LogP contribution in [-0.2, 0) is 6.42 Å². The molecule has 3 nitrogen and oxygen atoms in total. The second-order valence-electron chi connectivity index (χ2n) is 3.48. The van der Waals surface area contributed by atoms with Gasteiger partial charge in [0, 0.05) is 19.7 Å². The molecule has 0 saturated carbocycles. The fourth-order valence-electron chi connectivity index (χ4n) is 1.49. The minimum Gasteiger partial charge on any atom is -0.374 e. The van der Waals surface area contributed by atoms with Crippen molar-refractivity contribution in [1.29, 1.82) is 0 Å². The average molecular weight is 181 g/mol. The number of nitrogens with zero attached hydrogens (tertiary/aromatic N) is 1. The van der Waals surface area contributed by atoms with E-state index in [1.165, 1.54) is 0 Å². The zero-order valence-electron chi connectivity index (χ0n) is 8.39. The van der Waals surface area contributed by atoms with Gasteiger partial charge in [-0.05, 0) is 12.8 Å². The van der Waals surface area contributed by atoms with Gasteiger partial charge in [0.25, 0.3) is 0 Å². The molecule has 0 unspecified atom stereocenters. The molecule has 13 heavy (non-hydrogen) atoms. The standard InChI is InChI=1S/C10H15NO2/c1-4-5-6-7-8(11(2)3)10(13)9(7)12/h4-6H2,1-3H3. The van der Waals surface area contributed by atoms with Gasteiger partial charge in [0.05, 0.1) is 5.69 Å². The van der Waals surface area contributed by atoms with E-state index < -0.39 is 0 Å². The summed E-state index contributed by atoms with van der Waals surface area (Å²) in [5.74, 6) is 0. The van der Waals surface area contributed by atoms with Crippen LogP contribution in [0, 0.1) is 0 Å². The lowest BCUT2D eigenvalue weighted by Gasteiger charge is -2.17. The minimum absolute atomic E-state index is 0.280. The third-order valence-corrected chi connectivity index (χ3v) is 2.21. The maximum absolute atomic E-state index is 11.1. The Balaban J connectivity index is 2.89. The summed E-state index contributed by atoms with van der Waals surface area (Å²) in [5, 5.41) is 0. The van der Waals surface area contributed by atoms with E-state index in [4.69, 9.17) is 0 Å². The predicted octanol–water partition coefficient (Wildman–Crippen LogP) is 0.691. The van der Waals surface area contributed by atoms with Crippen molar-refractivity contribution < 1.29 is 0 Å². The van der Waals surface area contributed by atoms with Crippen molar-refractivity contribution in [3.63, 3.8) is 0 Å². The molecule has 72 valence electrons. The molecule has 1 aromatic carbocycles. The van der Waals surface area contributed by atoms with Crippen LogP contribution in [0.4, 0.5) is 5.69 Å². The maximum atomic E-state index is 11.1. The van der Waals surface area contributed by atoms with Crippen molar-refractivity contribution in [2.45, 2.75) is 26.2 Å². The highest BCUT2D eigenvalue weighted by atomic mass is 16.2. The first kappa shape index (κ1) is 9.96. The van der Waals surface area contributed by atoms with Gasteiger partial charge in [-0.15, -0.1) is 0 Å². The average Bonchev–Trinajstić information content (AvgIpc) is 2.09. The lowest BCUT2D eigenvalue weighted by atomic mass is 10.0. The van der Waals surface area contributed by atoms with Crippen LogP contribution in [-0.4, -0.2) is 14.1 Å². The first-order valence-electron chi connectivity index (χ1n) is 4.59. The molecule has 0 fully saturated rings. The van der Waals surface area contributed by atoms with Crippen molar-refractivity contribution >= 4 is 5.69 Å². The molecule has 0 saturated heterocycles. The lowest BCUT2D eigenvalue weighted by molar-refractivity contribution is 0.781. The van der Waals surface area contributed by atoms with E-state index in [-0.39, 0.29) is 10.9 Å². The summed E-state index contributed by atoms with van der Waals surface area (Å²) in [6.45, 7) is 2.07. The fraction of sp³-hybridized carbons (Fsp3) is 0.600. The van der Waals surface area contributed by atoms with Gasteiger partial charge in [-0.1, -0.05) is 13.3 Å². The largest absolute Gasteiger partial charge is 0.374 e. The predicted molar refractivity (Wildman–Crippen MR) is 54.3 cm³/mol. The Hall–Kier alpha value is -1.12. The Morgan fingerprint density at radius 1 is 1.15 bits per heavy atom. The van der Waals surface area contributed by atoms with E-state index in [1.54, 1.807) is 19.0 Å². The van der Waals surface area contributed by atoms with Crippen molar-refractivity contribution in [1.82, 2.24) is 0 Å². The van der Waals surface area contributed by atoms with E-state index in [0.717, 1.165) is 24.8 Å². The van der Waals surface area contributed by atoms with Crippen LogP contribution in [0.3, 0.4) is 0 Å². The molecule has 0 spiro atoms. The molecule has 0 aromatic heterocycles. The molecule has 0 bridgehead atoms. The number of hydrogen-bond donors (Lipinski definition) is 0. The van der Waals surface area contributed by atoms with Crippen LogP contribution in [0.15, 0.2) is 9.59 Å². The first-order chi connectivity index (χ1) is 6.09.